The van der Waals surface area contributed by atoms with Crippen LogP contribution in [0.3, 0.4) is 0 Å². The van der Waals surface area contributed by atoms with Crippen LogP contribution in [-0.4, -0.2) is 60.6 Å². The third-order valence-electron chi connectivity index (χ3n) is 4.83. The molecule has 11 heteroatoms. The van der Waals surface area contributed by atoms with Gasteiger partial charge in [0.05, 0.1) is 12.1 Å². The van der Waals surface area contributed by atoms with Crippen LogP contribution in [0.4, 0.5) is 4.79 Å². The molecule has 0 aromatic carbocycles. The van der Waals surface area contributed by atoms with Gasteiger partial charge in [-0.3, -0.25) is 9.59 Å². The number of unbranched alkanes of at least 4 members (excludes halogenated alkanes) is 2. The standard InChI is InChI=1S/C17H29N7O3S/c18-24-21-8-4-3-7-15(26)20-10-9-19-14(25)6-2-1-5-13-16-12(11-28-13)22-17(27)23-16/h12-13,16H,1-11H2,(H,19,25)(H,20,26)(H2,22,23,27). The molecule has 0 aromatic rings. The van der Waals surface area contributed by atoms with Crippen molar-refractivity contribution in [1.29, 1.82) is 0 Å². The second-order valence-corrected chi connectivity index (χ2v) is 8.25. The van der Waals surface area contributed by atoms with Crippen LogP contribution in [0.25, 0.3) is 10.4 Å². The van der Waals surface area contributed by atoms with Crippen LogP contribution in [0.2, 0.25) is 0 Å². The molecule has 0 bridgehead atoms. The predicted molar refractivity (Wildman–Crippen MR) is 108 cm³/mol. The zero-order chi connectivity index (χ0) is 20.2. The number of carbonyl (C=O) groups excluding carboxylic acids is 3. The molecule has 3 atom stereocenters. The van der Waals surface area contributed by atoms with E-state index in [2.05, 4.69) is 31.3 Å². The highest BCUT2D eigenvalue weighted by molar-refractivity contribution is 8.00. The van der Waals surface area contributed by atoms with Gasteiger partial charge in [0.25, 0.3) is 0 Å². The van der Waals surface area contributed by atoms with Gasteiger partial charge in [-0.1, -0.05) is 11.5 Å². The minimum Gasteiger partial charge on any atom is -0.354 e. The van der Waals surface area contributed by atoms with Crippen LogP contribution in [0.5, 0.6) is 0 Å². The van der Waals surface area contributed by atoms with Gasteiger partial charge in [0.15, 0.2) is 0 Å². The molecule has 3 unspecified atom stereocenters. The molecular weight excluding hydrogens is 382 g/mol. The number of hydrogen-bond acceptors (Lipinski definition) is 5. The molecule has 2 aliphatic rings. The number of nitrogens with zero attached hydrogens (tertiary/aromatic N) is 3. The van der Waals surface area contributed by atoms with Crippen LogP contribution >= 0.6 is 11.8 Å². The molecule has 156 valence electrons. The highest BCUT2D eigenvalue weighted by Gasteiger charge is 2.42. The first-order valence-electron chi connectivity index (χ1n) is 9.83. The van der Waals surface area contributed by atoms with E-state index >= 15 is 0 Å². The van der Waals surface area contributed by atoms with Crippen molar-refractivity contribution in [3.8, 4) is 0 Å². The molecule has 0 radical (unpaired) electrons. The minimum atomic E-state index is -0.0695. The third kappa shape index (κ3) is 7.85. The summed E-state index contributed by atoms with van der Waals surface area (Å²) in [6.07, 6.45) is 5.01. The molecule has 2 rings (SSSR count). The lowest BCUT2D eigenvalue weighted by Gasteiger charge is -2.16. The first kappa shape index (κ1) is 22.2. The molecule has 2 fully saturated rings. The maximum absolute atomic E-state index is 11.8. The van der Waals surface area contributed by atoms with E-state index < -0.39 is 0 Å². The summed E-state index contributed by atoms with van der Waals surface area (Å²) in [6.45, 7) is 1.24. The predicted octanol–water partition coefficient (Wildman–Crippen LogP) is 1.43. The Morgan fingerprint density at radius 2 is 1.79 bits per heavy atom. The Hall–Kier alpha value is -2.13. The molecule has 28 heavy (non-hydrogen) atoms. The van der Waals surface area contributed by atoms with Crippen molar-refractivity contribution in [2.45, 2.75) is 62.3 Å². The Bertz CT molecular complexity index is 597. The zero-order valence-corrected chi connectivity index (χ0v) is 16.8. The number of azide groups is 1. The average Bonchev–Trinajstić information content (AvgIpc) is 3.21. The van der Waals surface area contributed by atoms with Crippen molar-refractivity contribution < 1.29 is 14.4 Å². The van der Waals surface area contributed by atoms with E-state index in [9.17, 15) is 14.4 Å². The number of hydrogen-bond donors (Lipinski definition) is 4. The summed E-state index contributed by atoms with van der Waals surface area (Å²) >= 11 is 1.89. The smallest absolute Gasteiger partial charge is 0.315 e. The van der Waals surface area contributed by atoms with Gasteiger partial charge in [-0.05, 0) is 31.2 Å². The molecule has 2 saturated heterocycles. The van der Waals surface area contributed by atoms with E-state index in [0.29, 0.717) is 50.6 Å². The van der Waals surface area contributed by atoms with Gasteiger partial charge < -0.3 is 21.3 Å². The summed E-state index contributed by atoms with van der Waals surface area (Å²) in [5, 5.41) is 15.3. The summed E-state index contributed by atoms with van der Waals surface area (Å²) in [5.41, 5.74) is 8.15. The van der Waals surface area contributed by atoms with Gasteiger partial charge in [0, 0.05) is 48.4 Å². The number of carbonyl (C=O) groups is 3. The van der Waals surface area contributed by atoms with Gasteiger partial charge in [0.1, 0.15) is 0 Å². The molecule has 0 saturated carbocycles. The number of fused-ring (bicyclic) bond motifs is 1. The van der Waals surface area contributed by atoms with Crippen LogP contribution in [0.1, 0.15) is 44.9 Å². The van der Waals surface area contributed by atoms with Gasteiger partial charge in [-0.2, -0.15) is 11.8 Å². The normalized spacial score (nSPS) is 22.6. The van der Waals surface area contributed by atoms with Gasteiger partial charge >= 0.3 is 6.03 Å². The van der Waals surface area contributed by atoms with Crippen molar-refractivity contribution in [3.05, 3.63) is 10.4 Å². The van der Waals surface area contributed by atoms with Gasteiger partial charge in [-0.15, -0.1) is 0 Å². The van der Waals surface area contributed by atoms with Crippen LogP contribution < -0.4 is 21.3 Å². The van der Waals surface area contributed by atoms with Gasteiger partial charge in [-0.25, -0.2) is 4.79 Å². The number of thioether (sulfide) groups is 1. The molecule has 4 amide bonds. The Kier molecular flexibility index (Phi) is 9.78. The van der Waals surface area contributed by atoms with E-state index in [1.807, 2.05) is 11.8 Å². The second kappa shape index (κ2) is 12.4. The largest absolute Gasteiger partial charge is 0.354 e. The Morgan fingerprint density at radius 3 is 2.46 bits per heavy atom. The van der Waals surface area contributed by atoms with Crippen molar-refractivity contribution in [2.75, 3.05) is 25.4 Å². The van der Waals surface area contributed by atoms with Crippen molar-refractivity contribution >= 4 is 29.6 Å². The van der Waals surface area contributed by atoms with Crippen molar-refractivity contribution in [2.24, 2.45) is 5.11 Å². The average molecular weight is 412 g/mol. The fourth-order valence-electron chi connectivity index (χ4n) is 3.37. The third-order valence-corrected chi connectivity index (χ3v) is 6.33. The lowest BCUT2D eigenvalue weighted by molar-refractivity contribution is -0.123. The fourth-order valence-corrected chi connectivity index (χ4v) is 4.91. The zero-order valence-electron chi connectivity index (χ0n) is 16.0. The van der Waals surface area contributed by atoms with E-state index in [4.69, 9.17) is 5.53 Å². The Labute approximate surface area is 169 Å². The molecule has 0 aromatic heterocycles. The molecule has 4 N–H and O–H groups in total. The SMILES string of the molecule is [N-]=[N+]=NCCCCC(=O)NCCNC(=O)CCCCC1SCC2NC(=O)NC21. The quantitative estimate of drug-likeness (QED) is 0.119. The Morgan fingerprint density at radius 1 is 1.11 bits per heavy atom. The van der Waals surface area contributed by atoms with Crippen LogP contribution in [-0.2, 0) is 9.59 Å². The number of rotatable bonds is 13. The van der Waals surface area contributed by atoms with Crippen LogP contribution in [0.15, 0.2) is 5.11 Å². The topological polar surface area (TPSA) is 148 Å². The van der Waals surface area contributed by atoms with E-state index in [0.717, 1.165) is 25.0 Å². The van der Waals surface area contributed by atoms with E-state index in [1.165, 1.54) is 0 Å². The van der Waals surface area contributed by atoms with Crippen molar-refractivity contribution in [1.82, 2.24) is 21.3 Å². The molecule has 10 nitrogen and oxygen atoms in total. The summed E-state index contributed by atoms with van der Waals surface area (Å²) in [7, 11) is 0. The summed E-state index contributed by atoms with van der Waals surface area (Å²) < 4.78 is 0. The Balaban J connectivity index is 1.42. The molecular formula is C17H29N7O3S. The number of nitrogens with one attached hydrogen (secondary N) is 4. The van der Waals surface area contributed by atoms with Crippen LogP contribution in [0, 0.1) is 0 Å². The molecule has 0 spiro atoms. The first-order chi connectivity index (χ1) is 13.6. The maximum atomic E-state index is 11.8. The van der Waals surface area contributed by atoms with Gasteiger partial charge in [0.2, 0.25) is 11.8 Å². The molecule has 2 aliphatic heterocycles. The lowest BCUT2D eigenvalue weighted by Crippen LogP contribution is -2.36. The summed E-state index contributed by atoms with van der Waals surface area (Å²) in [5.74, 6) is 0.890. The summed E-state index contributed by atoms with van der Waals surface area (Å²) in [4.78, 5) is 37.5. The lowest BCUT2D eigenvalue weighted by atomic mass is 10.0. The van der Waals surface area contributed by atoms with E-state index in [1.54, 1.807) is 0 Å². The monoisotopic (exact) mass is 411 g/mol. The number of urea groups is 1. The highest BCUT2D eigenvalue weighted by atomic mass is 32.2. The first-order valence-corrected chi connectivity index (χ1v) is 10.9. The highest BCUT2D eigenvalue weighted by Crippen LogP contribution is 2.33. The summed E-state index contributed by atoms with van der Waals surface area (Å²) in [6, 6.07) is 0.390. The second-order valence-electron chi connectivity index (χ2n) is 6.98. The number of amides is 4. The molecule has 0 aliphatic carbocycles. The van der Waals surface area contributed by atoms with E-state index in [-0.39, 0.29) is 29.9 Å². The molecule has 2 heterocycles. The minimum absolute atomic E-state index is 0.00333. The fraction of sp³-hybridized carbons (Fsp3) is 0.824. The maximum Gasteiger partial charge on any atom is 0.315 e. The van der Waals surface area contributed by atoms with Crippen molar-refractivity contribution in [3.63, 3.8) is 0 Å².